The summed E-state index contributed by atoms with van der Waals surface area (Å²) >= 11 is 0. The number of allylic oxidation sites excluding steroid dienone is 2. The first-order chi connectivity index (χ1) is 12.6. The van der Waals surface area contributed by atoms with Crippen LogP contribution in [0.2, 0.25) is 0 Å². The third-order valence-corrected chi connectivity index (χ3v) is 6.03. The Hall–Kier alpha value is -2.50. The number of hydrogen-bond acceptors (Lipinski definition) is 5. The SMILES string of the molecule is COc1cccc(N2CCN(C(=O)[C@H]3[C@@H](C(=O)[O-])[C@@H]4C=C[C@@H]3C4)CC2)c1. The highest BCUT2D eigenvalue weighted by atomic mass is 16.5. The van der Waals surface area contributed by atoms with Crippen LogP contribution in [0.15, 0.2) is 36.4 Å². The van der Waals surface area contributed by atoms with Crippen LogP contribution < -0.4 is 14.7 Å². The lowest BCUT2D eigenvalue weighted by Crippen LogP contribution is -2.53. The Bertz CT molecular complexity index is 739. The molecule has 0 radical (unpaired) electrons. The first kappa shape index (κ1) is 16.9. The second-order valence-electron chi connectivity index (χ2n) is 7.33. The number of hydrogen-bond donors (Lipinski definition) is 0. The molecule has 3 aliphatic rings. The van der Waals surface area contributed by atoms with Crippen LogP contribution in [-0.2, 0) is 9.59 Å². The zero-order valence-corrected chi connectivity index (χ0v) is 14.8. The molecule has 2 aliphatic carbocycles. The summed E-state index contributed by atoms with van der Waals surface area (Å²) in [6.45, 7) is 2.66. The lowest BCUT2D eigenvalue weighted by molar-refractivity contribution is -0.313. The standard InChI is InChI=1S/C20H24N2O4/c1-26-16-4-2-3-15(12-16)21-7-9-22(10-8-21)19(23)17-13-5-6-14(11-13)18(17)20(24)25/h2-6,12-14,17-18H,7-11H2,1H3,(H,24,25)/p-1/t13-,14-,17-,18+/m1/s1. The van der Waals surface area contributed by atoms with Crippen LogP contribution in [-0.4, -0.2) is 50.1 Å². The van der Waals surface area contributed by atoms with Gasteiger partial charge in [0.15, 0.2) is 0 Å². The zero-order chi connectivity index (χ0) is 18.3. The van der Waals surface area contributed by atoms with E-state index in [4.69, 9.17) is 4.74 Å². The number of benzene rings is 1. The average molecular weight is 355 g/mol. The largest absolute Gasteiger partial charge is 0.550 e. The van der Waals surface area contributed by atoms with E-state index in [0.717, 1.165) is 30.9 Å². The maximum atomic E-state index is 13.0. The molecule has 4 rings (SSSR count). The number of carboxylic acid groups (broad SMARTS) is 1. The number of carboxylic acids is 1. The Morgan fingerprint density at radius 3 is 2.42 bits per heavy atom. The molecule has 6 nitrogen and oxygen atoms in total. The number of ether oxygens (including phenoxy) is 1. The number of carbonyl (C=O) groups excluding carboxylic acids is 2. The van der Waals surface area contributed by atoms with Crippen LogP contribution in [0.4, 0.5) is 5.69 Å². The maximum Gasteiger partial charge on any atom is 0.227 e. The normalized spacial score (nSPS) is 29.9. The van der Waals surface area contributed by atoms with Gasteiger partial charge in [-0.1, -0.05) is 18.2 Å². The minimum absolute atomic E-state index is 0.0265. The van der Waals surface area contributed by atoms with Gasteiger partial charge in [-0.25, -0.2) is 0 Å². The Morgan fingerprint density at radius 2 is 1.77 bits per heavy atom. The molecular weight excluding hydrogens is 332 g/mol. The summed E-state index contributed by atoms with van der Waals surface area (Å²) in [4.78, 5) is 28.6. The Balaban J connectivity index is 1.42. The summed E-state index contributed by atoms with van der Waals surface area (Å²) in [5.41, 5.74) is 1.08. The van der Waals surface area contributed by atoms with Gasteiger partial charge in [-0.15, -0.1) is 0 Å². The molecule has 1 aromatic rings. The monoisotopic (exact) mass is 355 g/mol. The number of rotatable bonds is 4. The summed E-state index contributed by atoms with van der Waals surface area (Å²) in [5.74, 6) is -1.43. The van der Waals surface area contributed by atoms with E-state index in [1.807, 2.05) is 41.3 Å². The third kappa shape index (κ3) is 2.83. The molecule has 2 fully saturated rings. The highest BCUT2D eigenvalue weighted by Gasteiger charge is 2.50. The quantitative estimate of drug-likeness (QED) is 0.737. The van der Waals surface area contributed by atoms with E-state index in [-0.39, 0.29) is 17.7 Å². The summed E-state index contributed by atoms with van der Waals surface area (Å²) in [6.07, 6.45) is 4.72. The number of fused-ring (bicyclic) bond motifs is 2. The molecule has 1 amide bonds. The average Bonchev–Trinajstić information content (AvgIpc) is 3.29. The first-order valence-electron chi connectivity index (χ1n) is 9.15. The topological polar surface area (TPSA) is 72.9 Å². The minimum atomic E-state index is -1.09. The van der Waals surface area contributed by atoms with Gasteiger partial charge in [0.2, 0.25) is 5.91 Å². The van der Waals surface area contributed by atoms with E-state index < -0.39 is 17.8 Å². The third-order valence-electron chi connectivity index (χ3n) is 6.03. The molecule has 1 aromatic carbocycles. The molecule has 1 saturated carbocycles. The fourth-order valence-electron chi connectivity index (χ4n) is 4.68. The maximum absolute atomic E-state index is 13.0. The van der Waals surface area contributed by atoms with Crippen molar-refractivity contribution in [3.05, 3.63) is 36.4 Å². The molecule has 26 heavy (non-hydrogen) atoms. The minimum Gasteiger partial charge on any atom is -0.550 e. The molecule has 0 unspecified atom stereocenters. The van der Waals surface area contributed by atoms with Crippen molar-refractivity contribution in [3.8, 4) is 5.75 Å². The molecular formula is C20H23N2O4-. The van der Waals surface area contributed by atoms with E-state index >= 15 is 0 Å². The predicted octanol–water partition coefficient (Wildman–Crippen LogP) is 0.532. The number of amides is 1. The van der Waals surface area contributed by atoms with Crippen molar-refractivity contribution in [2.24, 2.45) is 23.7 Å². The Labute approximate surface area is 153 Å². The van der Waals surface area contributed by atoms with Crippen LogP contribution in [0, 0.1) is 23.7 Å². The van der Waals surface area contributed by atoms with Crippen LogP contribution in [0.1, 0.15) is 6.42 Å². The zero-order valence-electron chi connectivity index (χ0n) is 14.8. The fourth-order valence-corrected chi connectivity index (χ4v) is 4.68. The van der Waals surface area contributed by atoms with E-state index in [0.29, 0.717) is 13.1 Å². The van der Waals surface area contributed by atoms with Gasteiger partial charge in [0, 0.05) is 49.8 Å². The number of piperazine rings is 1. The van der Waals surface area contributed by atoms with Crippen molar-refractivity contribution in [1.29, 1.82) is 0 Å². The Kier molecular flexibility index (Phi) is 4.34. The molecule has 0 N–H and O–H groups in total. The van der Waals surface area contributed by atoms with Crippen LogP contribution in [0.5, 0.6) is 5.75 Å². The number of anilines is 1. The van der Waals surface area contributed by atoms with Gasteiger partial charge in [-0.2, -0.15) is 0 Å². The molecule has 138 valence electrons. The predicted molar refractivity (Wildman–Crippen MR) is 94.5 cm³/mol. The molecule has 1 saturated heterocycles. The number of methoxy groups -OCH3 is 1. The molecule has 0 aromatic heterocycles. The summed E-state index contributed by atoms with van der Waals surface area (Å²) in [6, 6.07) is 7.89. The van der Waals surface area contributed by atoms with Gasteiger partial charge in [0.05, 0.1) is 13.0 Å². The molecule has 1 heterocycles. The number of nitrogens with zero attached hydrogens (tertiary/aromatic N) is 2. The number of carbonyl (C=O) groups is 2. The molecule has 6 heteroatoms. The second-order valence-corrected chi connectivity index (χ2v) is 7.33. The van der Waals surface area contributed by atoms with Crippen LogP contribution in [0.25, 0.3) is 0 Å². The van der Waals surface area contributed by atoms with E-state index in [1.165, 1.54) is 0 Å². The smallest absolute Gasteiger partial charge is 0.227 e. The van der Waals surface area contributed by atoms with Crippen molar-refractivity contribution >= 4 is 17.6 Å². The van der Waals surface area contributed by atoms with Crippen molar-refractivity contribution in [1.82, 2.24) is 4.90 Å². The number of aliphatic carboxylic acids is 1. The van der Waals surface area contributed by atoms with Crippen molar-refractivity contribution in [2.45, 2.75) is 6.42 Å². The highest BCUT2D eigenvalue weighted by molar-refractivity contribution is 5.86. The second kappa shape index (κ2) is 6.67. The molecule has 2 bridgehead atoms. The summed E-state index contributed by atoms with van der Waals surface area (Å²) in [7, 11) is 1.65. The van der Waals surface area contributed by atoms with Gasteiger partial charge >= 0.3 is 0 Å². The molecule has 0 spiro atoms. The lowest BCUT2D eigenvalue weighted by Gasteiger charge is -2.39. The van der Waals surface area contributed by atoms with Crippen molar-refractivity contribution in [2.75, 3.05) is 38.2 Å². The van der Waals surface area contributed by atoms with Gasteiger partial charge in [0.1, 0.15) is 5.75 Å². The first-order valence-corrected chi connectivity index (χ1v) is 9.15. The van der Waals surface area contributed by atoms with E-state index in [2.05, 4.69) is 4.90 Å². The van der Waals surface area contributed by atoms with Crippen molar-refractivity contribution in [3.63, 3.8) is 0 Å². The molecule has 1 aliphatic heterocycles. The van der Waals surface area contributed by atoms with E-state index in [9.17, 15) is 14.7 Å². The van der Waals surface area contributed by atoms with Gasteiger partial charge in [-0.3, -0.25) is 4.79 Å². The lowest BCUT2D eigenvalue weighted by atomic mass is 9.82. The van der Waals surface area contributed by atoms with Crippen LogP contribution >= 0.6 is 0 Å². The molecule has 4 atom stereocenters. The fraction of sp³-hybridized carbons (Fsp3) is 0.500. The highest BCUT2D eigenvalue weighted by Crippen LogP contribution is 2.48. The summed E-state index contributed by atoms with van der Waals surface area (Å²) in [5, 5.41) is 11.6. The summed E-state index contributed by atoms with van der Waals surface area (Å²) < 4.78 is 5.28. The van der Waals surface area contributed by atoms with Crippen molar-refractivity contribution < 1.29 is 19.4 Å². The van der Waals surface area contributed by atoms with Gasteiger partial charge < -0.3 is 24.4 Å². The van der Waals surface area contributed by atoms with Gasteiger partial charge in [0.25, 0.3) is 0 Å². The van der Waals surface area contributed by atoms with Gasteiger partial charge in [-0.05, 0) is 30.4 Å². The Morgan fingerprint density at radius 1 is 1.08 bits per heavy atom. The van der Waals surface area contributed by atoms with E-state index in [1.54, 1.807) is 7.11 Å². The van der Waals surface area contributed by atoms with Crippen LogP contribution in [0.3, 0.4) is 0 Å².